The first-order valence-electron chi connectivity index (χ1n) is 9.89. The smallest absolute Gasteiger partial charge is 0.238 e. The molecule has 1 heterocycles. The number of carbonyl (C=O) groups is 2. The van der Waals surface area contributed by atoms with E-state index in [1.54, 1.807) is 50.6 Å². The van der Waals surface area contributed by atoms with Crippen molar-refractivity contribution in [1.29, 1.82) is 0 Å². The highest BCUT2D eigenvalue weighted by Gasteiger charge is 2.26. The van der Waals surface area contributed by atoms with Crippen LogP contribution in [0, 0.1) is 5.92 Å². The lowest BCUT2D eigenvalue weighted by molar-refractivity contribution is -0.121. The molecule has 1 fully saturated rings. The fourth-order valence-electron chi connectivity index (χ4n) is 3.47. The van der Waals surface area contributed by atoms with E-state index in [4.69, 9.17) is 32.7 Å². The van der Waals surface area contributed by atoms with Gasteiger partial charge in [0.15, 0.2) is 0 Å². The average Bonchev–Trinajstić information content (AvgIpc) is 2.77. The molecule has 1 saturated heterocycles. The Hall–Kier alpha value is -2.48. The summed E-state index contributed by atoms with van der Waals surface area (Å²) in [7, 11) is 3.12. The summed E-state index contributed by atoms with van der Waals surface area (Å²) in [5, 5.41) is 6.58. The van der Waals surface area contributed by atoms with Gasteiger partial charge in [0, 0.05) is 17.7 Å². The molecule has 2 N–H and O–H groups in total. The SMILES string of the molecule is COc1ccc(NC(=O)C2CCN(CC(=O)Nc3ccc(Cl)c(Cl)c3)CC2)c(OC)c1. The summed E-state index contributed by atoms with van der Waals surface area (Å²) in [5.41, 5.74) is 1.21. The lowest BCUT2D eigenvalue weighted by atomic mass is 9.95. The number of methoxy groups -OCH3 is 2. The zero-order valence-electron chi connectivity index (χ0n) is 17.4. The number of anilines is 2. The number of ether oxygens (including phenoxy) is 2. The largest absolute Gasteiger partial charge is 0.497 e. The zero-order chi connectivity index (χ0) is 22.4. The Morgan fingerprint density at radius 1 is 1.00 bits per heavy atom. The van der Waals surface area contributed by atoms with E-state index in [1.807, 2.05) is 4.90 Å². The molecule has 9 heteroatoms. The Labute approximate surface area is 191 Å². The maximum atomic E-state index is 12.7. The number of halogens is 2. The number of hydrogen-bond acceptors (Lipinski definition) is 5. The van der Waals surface area contributed by atoms with Gasteiger partial charge >= 0.3 is 0 Å². The minimum Gasteiger partial charge on any atom is -0.497 e. The molecule has 166 valence electrons. The Kier molecular flexibility index (Phi) is 8.01. The van der Waals surface area contributed by atoms with E-state index in [0.29, 0.717) is 58.9 Å². The molecule has 3 rings (SSSR count). The summed E-state index contributed by atoms with van der Waals surface area (Å²) in [6, 6.07) is 10.2. The number of nitrogens with one attached hydrogen (secondary N) is 2. The maximum absolute atomic E-state index is 12.7. The molecule has 0 bridgehead atoms. The minimum absolute atomic E-state index is 0.0524. The van der Waals surface area contributed by atoms with Gasteiger partial charge in [-0.15, -0.1) is 0 Å². The van der Waals surface area contributed by atoms with Gasteiger partial charge in [-0.05, 0) is 56.3 Å². The number of carbonyl (C=O) groups excluding carboxylic acids is 2. The van der Waals surface area contributed by atoms with E-state index in [1.165, 1.54) is 0 Å². The maximum Gasteiger partial charge on any atom is 0.238 e. The molecule has 31 heavy (non-hydrogen) atoms. The number of benzene rings is 2. The molecule has 1 aliphatic heterocycles. The van der Waals surface area contributed by atoms with E-state index in [9.17, 15) is 9.59 Å². The van der Waals surface area contributed by atoms with Crippen LogP contribution in [0.1, 0.15) is 12.8 Å². The highest BCUT2D eigenvalue weighted by molar-refractivity contribution is 6.42. The van der Waals surface area contributed by atoms with Crippen LogP contribution in [-0.2, 0) is 9.59 Å². The predicted octanol–water partition coefficient (Wildman–Crippen LogP) is 4.30. The first kappa shape index (κ1) is 23.2. The summed E-state index contributed by atoms with van der Waals surface area (Å²) in [5.74, 6) is 0.889. The van der Waals surface area contributed by atoms with Gasteiger partial charge in [-0.2, -0.15) is 0 Å². The Morgan fingerprint density at radius 3 is 2.39 bits per heavy atom. The molecule has 0 saturated carbocycles. The monoisotopic (exact) mass is 465 g/mol. The van der Waals surface area contributed by atoms with Gasteiger partial charge in [-0.3, -0.25) is 14.5 Å². The standard InChI is InChI=1S/C22H25Cl2N3O4/c1-30-16-4-6-19(20(12-16)31-2)26-22(29)14-7-9-27(10-8-14)13-21(28)25-15-3-5-17(23)18(24)11-15/h3-6,11-12,14H,7-10,13H2,1-2H3,(H,25,28)(H,26,29). The number of hydrogen-bond donors (Lipinski definition) is 2. The van der Waals surface area contributed by atoms with Gasteiger partial charge in [0.25, 0.3) is 0 Å². The Balaban J connectivity index is 1.48. The summed E-state index contributed by atoms with van der Waals surface area (Å²) < 4.78 is 10.5. The van der Waals surface area contributed by atoms with E-state index in [2.05, 4.69) is 10.6 Å². The van der Waals surface area contributed by atoms with Crippen LogP contribution in [0.2, 0.25) is 10.0 Å². The first-order valence-corrected chi connectivity index (χ1v) is 10.7. The molecule has 0 aromatic heterocycles. The third kappa shape index (κ3) is 6.26. The molecule has 1 aliphatic rings. The van der Waals surface area contributed by atoms with E-state index in [-0.39, 0.29) is 24.3 Å². The van der Waals surface area contributed by atoms with Crippen LogP contribution in [0.3, 0.4) is 0 Å². The fraction of sp³-hybridized carbons (Fsp3) is 0.364. The lowest BCUT2D eigenvalue weighted by Crippen LogP contribution is -2.41. The zero-order valence-corrected chi connectivity index (χ0v) is 18.9. The highest BCUT2D eigenvalue weighted by atomic mass is 35.5. The summed E-state index contributed by atoms with van der Waals surface area (Å²) in [4.78, 5) is 27.1. The van der Waals surface area contributed by atoms with Crippen molar-refractivity contribution in [1.82, 2.24) is 4.90 Å². The quantitative estimate of drug-likeness (QED) is 0.636. The molecule has 0 unspecified atom stereocenters. The minimum atomic E-state index is -0.135. The van der Waals surface area contributed by atoms with Gasteiger partial charge in [-0.1, -0.05) is 23.2 Å². The molecule has 7 nitrogen and oxygen atoms in total. The van der Waals surface area contributed by atoms with Crippen molar-refractivity contribution in [2.75, 3.05) is 44.5 Å². The molecule has 2 aromatic rings. The normalized spacial score (nSPS) is 14.7. The number of piperidine rings is 1. The van der Waals surface area contributed by atoms with E-state index < -0.39 is 0 Å². The third-order valence-electron chi connectivity index (χ3n) is 5.20. The van der Waals surface area contributed by atoms with Crippen LogP contribution in [0.4, 0.5) is 11.4 Å². The molecule has 0 spiro atoms. The lowest BCUT2D eigenvalue weighted by Gasteiger charge is -2.30. The molecule has 0 aliphatic carbocycles. The molecular formula is C22H25Cl2N3O4. The fourth-order valence-corrected chi connectivity index (χ4v) is 3.77. The van der Waals surface area contributed by atoms with Crippen LogP contribution in [0.25, 0.3) is 0 Å². The van der Waals surface area contributed by atoms with Crippen molar-refractivity contribution in [2.24, 2.45) is 5.92 Å². The first-order chi connectivity index (χ1) is 14.9. The van der Waals surface area contributed by atoms with Crippen molar-refractivity contribution in [2.45, 2.75) is 12.8 Å². The van der Waals surface area contributed by atoms with Crippen molar-refractivity contribution in [3.8, 4) is 11.5 Å². The third-order valence-corrected chi connectivity index (χ3v) is 5.93. The summed E-state index contributed by atoms with van der Waals surface area (Å²) >= 11 is 11.9. The second kappa shape index (κ2) is 10.7. The number of nitrogens with zero attached hydrogens (tertiary/aromatic N) is 1. The van der Waals surface area contributed by atoms with E-state index in [0.717, 1.165) is 0 Å². The highest BCUT2D eigenvalue weighted by Crippen LogP contribution is 2.30. The van der Waals surface area contributed by atoms with Gasteiger partial charge < -0.3 is 20.1 Å². The van der Waals surface area contributed by atoms with Crippen LogP contribution in [0.5, 0.6) is 11.5 Å². The van der Waals surface area contributed by atoms with Crippen LogP contribution >= 0.6 is 23.2 Å². The van der Waals surface area contributed by atoms with Gasteiger partial charge in [0.1, 0.15) is 11.5 Å². The molecule has 2 amide bonds. The second-order valence-corrected chi connectivity index (χ2v) is 8.10. The summed E-state index contributed by atoms with van der Waals surface area (Å²) in [6.07, 6.45) is 1.34. The van der Waals surface area contributed by atoms with Crippen LogP contribution in [-0.4, -0.2) is 50.6 Å². The Morgan fingerprint density at radius 2 is 1.74 bits per heavy atom. The molecule has 0 atom stereocenters. The Bertz CT molecular complexity index is 946. The van der Waals surface area contributed by atoms with Crippen molar-refractivity contribution < 1.29 is 19.1 Å². The second-order valence-electron chi connectivity index (χ2n) is 7.28. The predicted molar refractivity (Wildman–Crippen MR) is 122 cm³/mol. The van der Waals surface area contributed by atoms with Gasteiger partial charge in [0.2, 0.25) is 11.8 Å². The summed E-state index contributed by atoms with van der Waals surface area (Å²) in [6.45, 7) is 1.57. The van der Waals surface area contributed by atoms with Crippen molar-refractivity contribution in [3.05, 3.63) is 46.4 Å². The van der Waals surface area contributed by atoms with E-state index >= 15 is 0 Å². The number of likely N-dealkylation sites (tertiary alicyclic amines) is 1. The van der Waals surface area contributed by atoms with Crippen molar-refractivity contribution >= 4 is 46.4 Å². The molecule has 0 radical (unpaired) electrons. The molecule has 2 aromatic carbocycles. The molecular weight excluding hydrogens is 441 g/mol. The number of rotatable bonds is 7. The topological polar surface area (TPSA) is 79.9 Å². The van der Waals surface area contributed by atoms with Crippen LogP contribution in [0.15, 0.2) is 36.4 Å². The van der Waals surface area contributed by atoms with Gasteiger partial charge in [-0.25, -0.2) is 0 Å². The van der Waals surface area contributed by atoms with Crippen molar-refractivity contribution in [3.63, 3.8) is 0 Å². The van der Waals surface area contributed by atoms with Crippen LogP contribution < -0.4 is 20.1 Å². The van der Waals surface area contributed by atoms with Gasteiger partial charge in [0.05, 0.1) is 36.5 Å². The number of amides is 2. The average molecular weight is 466 g/mol.